The zero-order valence-electron chi connectivity index (χ0n) is 14.9. The third-order valence-electron chi connectivity index (χ3n) is 3.80. The van der Waals surface area contributed by atoms with Gasteiger partial charge in [-0.2, -0.15) is 4.31 Å². The molecule has 0 fully saturated rings. The van der Waals surface area contributed by atoms with Crippen molar-refractivity contribution in [2.24, 2.45) is 0 Å². The summed E-state index contributed by atoms with van der Waals surface area (Å²) in [6, 6.07) is 4.94. The first-order chi connectivity index (χ1) is 11.9. The lowest BCUT2D eigenvalue weighted by molar-refractivity contribution is -0.114. The molecular weight excluding hydrogens is 358 g/mol. The molecule has 25 heavy (non-hydrogen) atoms. The third-order valence-corrected chi connectivity index (χ3v) is 6.63. The maximum absolute atomic E-state index is 13.0. The Balaban J connectivity index is 2.33. The van der Waals surface area contributed by atoms with E-state index in [-0.39, 0.29) is 10.8 Å². The van der Waals surface area contributed by atoms with Gasteiger partial charge in [0.15, 0.2) is 5.13 Å². The minimum Gasteiger partial charge on any atom is -0.302 e. The topological polar surface area (TPSA) is 79.4 Å². The van der Waals surface area contributed by atoms with Crippen LogP contribution < -0.4 is 5.32 Å². The smallest absolute Gasteiger partial charge is 0.243 e. The molecule has 0 bridgehead atoms. The van der Waals surface area contributed by atoms with Crippen molar-refractivity contribution >= 4 is 42.6 Å². The van der Waals surface area contributed by atoms with Crippen molar-refractivity contribution in [1.82, 2.24) is 9.29 Å². The molecular formula is C17H25N3O3S2. The van der Waals surface area contributed by atoms with Gasteiger partial charge in [0.25, 0.3) is 0 Å². The molecule has 0 spiro atoms. The lowest BCUT2D eigenvalue weighted by atomic mass is 10.3. The quantitative estimate of drug-likeness (QED) is 0.713. The van der Waals surface area contributed by atoms with Crippen LogP contribution in [0.15, 0.2) is 23.1 Å². The van der Waals surface area contributed by atoms with Gasteiger partial charge in [-0.3, -0.25) is 4.79 Å². The van der Waals surface area contributed by atoms with Crippen LogP contribution in [0.3, 0.4) is 0 Å². The summed E-state index contributed by atoms with van der Waals surface area (Å²) in [7, 11) is -3.53. The van der Waals surface area contributed by atoms with Crippen LogP contribution in [0, 0.1) is 0 Å². The summed E-state index contributed by atoms with van der Waals surface area (Å²) in [5.74, 6) is -0.197. The predicted octanol–water partition coefficient (Wildman–Crippen LogP) is 3.85. The molecule has 0 saturated heterocycles. The summed E-state index contributed by atoms with van der Waals surface area (Å²) in [6.07, 6.45) is 3.59. The number of sulfonamides is 1. The molecule has 1 amide bonds. The van der Waals surface area contributed by atoms with E-state index in [9.17, 15) is 13.2 Å². The average Bonchev–Trinajstić information content (AvgIpc) is 2.95. The van der Waals surface area contributed by atoms with E-state index in [1.807, 2.05) is 0 Å². The van der Waals surface area contributed by atoms with Crippen LogP contribution in [0.5, 0.6) is 0 Å². The average molecular weight is 384 g/mol. The van der Waals surface area contributed by atoms with E-state index in [2.05, 4.69) is 24.1 Å². The summed E-state index contributed by atoms with van der Waals surface area (Å²) in [4.78, 5) is 15.7. The summed E-state index contributed by atoms with van der Waals surface area (Å²) >= 11 is 1.28. The monoisotopic (exact) mass is 383 g/mol. The van der Waals surface area contributed by atoms with Gasteiger partial charge < -0.3 is 5.32 Å². The van der Waals surface area contributed by atoms with Crippen LogP contribution in [0.2, 0.25) is 0 Å². The number of carbonyl (C=O) groups is 1. The van der Waals surface area contributed by atoms with Crippen LogP contribution in [-0.2, 0) is 14.8 Å². The summed E-state index contributed by atoms with van der Waals surface area (Å²) in [5, 5.41) is 3.12. The lowest BCUT2D eigenvalue weighted by Crippen LogP contribution is -2.33. The van der Waals surface area contributed by atoms with Crippen LogP contribution in [0.25, 0.3) is 10.2 Å². The van der Waals surface area contributed by atoms with E-state index >= 15 is 0 Å². The molecule has 0 unspecified atom stereocenters. The molecule has 1 aromatic heterocycles. The van der Waals surface area contributed by atoms with Crippen molar-refractivity contribution in [2.75, 3.05) is 18.4 Å². The van der Waals surface area contributed by atoms with Crippen LogP contribution in [0.4, 0.5) is 5.13 Å². The number of benzene rings is 1. The van der Waals surface area contributed by atoms with E-state index in [0.29, 0.717) is 23.7 Å². The van der Waals surface area contributed by atoms with E-state index in [0.717, 1.165) is 30.4 Å². The fraction of sp³-hybridized carbons (Fsp3) is 0.529. The Bertz CT molecular complexity index is 823. The van der Waals surface area contributed by atoms with Crippen molar-refractivity contribution < 1.29 is 13.2 Å². The molecule has 0 aliphatic carbocycles. The number of rotatable bonds is 9. The number of nitrogens with one attached hydrogen (secondary N) is 1. The van der Waals surface area contributed by atoms with Crippen LogP contribution >= 0.6 is 11.3 Å². The highest BCUT2D eigenvalue weighted by atomic mass is 32.2. The van der Waals surface area contributed by atoms with Gasteiger partial charge in [0.1, 0.15) is 0 Å². The Kier molecular flexibility index (Phi) is 6.92. The first-order valence-electron chi connectivity index (χ1n) is 8.56. The Morgan fingerprint density at radius 2 is 1.84 bits per heavy atom. The number of nitrogens with zero attached hydrogens (tertiary/aromatic N) is 2. The molecule has 138 valence electrons. The number of hydrogen-bond donors (Lipinski definition) is 1. The first kappa shape index (κ1) is 19.8. The van der Waals surface area contributed by atoms with E-state index in [4.69, 9.17) is 0 Å². The lowest BCUT2D eigenvalue weighted by Gasteiger charge is -2.21. The molecule has 1 aromatic carbocycles. The van der Waals surface area contributed by atoms with Crippen LogP contribution in [-0.4, -0.2) is 36.7 Å². The van der Waals surface area contributed by atoms with Gasteiger partial charge in [-0.15, -0.1) is 0 Å². The van der Waals surface area contributed by atoms with Gasteiger partial charge in [0.05, 0.1) is 15.1 Å². The second kappa shape index (κ2) is 8.73. The highest BCUT2D eigenvalue weighted by Crippen LogP contribution is 2.29. The van der Waals surface area contributed by atoms with E-state index in [1.54, 1.807) is 22.5 Å². The molecule has 0 radical (unpaired) electrons. The summed E-state index contributed by atoms with van der Waals surface area (Å²) < 4.78 is 28.4. The molecule has 0 atom stereocenters. The van der Waals surface area contributed by atoms with Gasteiger partial charge in [-0.05, 0) is 31.0 Å². The summed E-state index contributed by atoms with van der Waals surface area (Å²) in [6.45, 7) is 6.60. The predicted molar refractivity (Wildman–Crippen MR) is 102 cm³/mol. The number of aromatic nitrogens is 1. The number of hydrogen-bond acceptors (Lipinski definition) is 5. The largest absolute Gasteiger partial charge is 0.302 e. The Morgan fingerprint density at radius 1 is 1.20 bits per heavy atom. The minimum atomic E-state index is -3.53. The van der Waals surface area contributed by atoms with Gasteiger partial charge in [-0.25, -0.2) is 13.4 Å². The highest BCUT2D eigenvalue weighted by Gasteiger charge is 2.24. The minimum absolute atomic E-state index is 0.197. The second-order valence-corrected chi connectivity index (χ2v) is 8.91. The zero-order chi connectivity index (χ0) is 18.4. The Hall–Kier alpha value is -1.51. The molecule has 0 saturated carbocycles. The normalized spacial score (nSPS) is 12.0. The first-order valence-corrected chi connectivity index (χ1v) is 10.8. The van der Waals surface area contributed by atoms with Crippen molar-refractivity contribution in [3.05, 3.63) is 18.2 Å². The fourth-order valence-corrected chi connectivity index (χ4v) is 5.01. The SMILES string of the molecule is CCCCN(CCCC)S(=O)(=O)c1ccc2nc(NC(C)=O)sc2c1. The highest BCUT2D eigenvalue weighted by molar-refractivity contribution is 7.89. The zero-order valence-corrected chi connectivity index (χ0v) is 16.5. The Labute approximate surface area is 153 Å². The number of unbranched alkanes of at least 4 members (excludes halogenated alkanes) is 2. The molecule has 1 heterocycles. The number of anilines is 1. The molecule has 0 aliphatic heterocycles. The molecule has 2 aromatic rings. The number of fused-ring (bicyclic) bond motifs is 1. The third kappa shape index (κ3) is 4.99. The maximum Gasteiger partial charge on any atom is 0.243 e. The van der Waals surface area contributed by atoms with Gasteiger partial charge in [0.2, 0.25) is 15.9 Å². The van der Waals surface area contributed by atoms with Crippen molar-refractivity contribution in [3.63, 3.8) is 0 Å². The maximum atomic E-state index is 13.0. The molecule has 1 N–H and O–H groups in total. The van der Waals surface area contributed by atoms with Crippen molar-refractivity contribution in [3.8, 4) is 0 Å². The Morgan fingerprint density at radius 3 is 2.40 bits per heavy atom. The number of amides is 1. The van der Waals surface area contributed by atoms with E-state index < -0.39 is 10.0 Å². The van der Waals surface area contributed by atoms with Crippen LogP contribution in [0.1, 0.15) is 46.5 Å². The number of thiazole rings is 1. The second-order valence-electron chi connectivity index (χ2n) is 5.94. The standard InChI is InChI=1S/C17H25N3O3S2/c1-4-6-10-20(11-7-5-2)25(22,23)14-8-9-15-16(12-14)24-17(19-15)18-13(3)21/h8-9,12H,4-7,10-11H2,1-3H3,(H,18,19,21). The van der Waals surface area contributed by atoms with Gasteiger partial charge >= 0.3 is 0 Å². The molecule has 0 aliphatic rings. The molecule has 8 heteroatoms. The van der Waals surface area contributed by atoms with Gasteiger partial charge in [-0.1, -0.05) is 38.0 Å². The van der Waals surface area contributed by atoms with Crippen molar-refractivity contribution in [1.29, 1.82) is 0 Å². The fourth-order valence-electron chi connectivity index (χ4n) is 2.44. The molecule has 2 rings (SSSR count). The molecule has 6 nitrogen and oxygen atoms in total. The van der Waals surface area contributed by atoms with Gasteiger partial charge in [0, 0.05) is 20.0 Å². The van der Waals surface area contributed by atoms with E-state index in [1.165, 1.54) is 18.3 Å². The number of carbonyl (C=O) groups excluding carboxylic acids is 1. The summed E-state index contributed by atoms with van der Waals surface area (Å²) in [5.41, 5.74) is 0.682. The van der Waals surface area contributed by atoms with Crippen molar-refractivity contribution in [2.45, 2.75) is 51.3 Å².